The lowest BCUT2D eigenvalue weighted by molar-refractivity contribution is -0.132. The number of halogens is 1. The minimum absolute atomic E-state index is 0.0917. The molecule has 140 valence electrons. The van der Waals surface area contributed by atoms with E-state index in [1.165, 1.54) is 11.9 Å². The molecule has 0 bridgehead atoms. The molecular formula is C18H21FN2O4S. The summed E-state index contributed by atoms with van der Waals surface area (Å²) in [5.41, 5.74) is 0.873. The molecule has 1 amide bonds. The highest BCUT2D eigenvalue weighted by Crippen LogP contribution is 2.15. The van der Waals surface area contributed by atoms with Crippen molar-refractivity contribution < 1.29 is 22.7 Å². The summed E-state index contributed by atoms with van der Waals surface area (Å²) in [6.07, 6.45) is 0. The van der Waals surface area contributed by atoms with Crippen LogP contribution in [-0.2, 0) is 21.4 Å². The number of nitrogens with zero attached hydrogens (tertiary/aromatic N) is 2. The zero-order chi connectivity index (χ0) is 19.2. The maximum absolute atomic E-state index is 13.0. The van der Waals surface area contributed by atoms with Crippen LogP contribution in [-0.4, -0.2) is 55.4 Å². The summed E-state index contributed by atoms with van der Waals surface area (Å²) in [7, 11) is -2.63. The fourth-order valence-electron chi connectivity index (χ4n) is 2.38. The van der Waals surface area contributed by atoms with E-state index < -0.39 is 21.7 Å². The van der Waals surface area contributed by atoms with Crippen LogP contribution in [0.25, 0.3) is 0 Å². The second kappa shape index (κ2) is 8.88. The van der Waals surface area contributed by atoms with Gasteiger partial charge in [0.2, 0.25) is 15.9 Å². The molecule has 0 fully saturated rings. The molecule has 0 aliphatic rings. The van der Waals surface area contributed by atoms with Gasteiger partial charge in [-0.2, -0.15) is 4.31 Å². The van der Waals surface area contributed by atoms with E-state index in [1.54, 1.807) is 0 Å². The van der Waals surface area contributed by atoms with Crippen LogP contribution in [0.4, 0.5) is 4.39 Å². The van der Waals surface area contributed by atoms with Crippen molar-refractivity contribution in [2.75, 3.05) is 26.7 Å². The monoisotopic (exact) mass is 380 g/mol. The molecule has 0 unspecified atom stereocenters. The van der Waals surface area contributed by atoms with Crippen LogP contribution in [0.15, 0.2) is 59.5 Å². The summed E-state index contributed by atoms with van der Waals surface area (Å²) in [6, 6.07) is 13.6. The van der Waals surface area contributed by atoms with Crippen LogP contribution >= 0.6 is 0 Å². The summed E-state index contributed by atoms with van der Waals surface area (Å²) >= 11 is 0. The summed E-state index contributed by atoms with van der Waals surface area (Å²) in [6.45, 7) is -0.248. The summed E-state index contributed by atoms with van der Waals surface area (Å²) in [5, 5.41) is 9.20. The Morgan fingerprint density at radius 3 is 2.27 bits per heavy atom. The van der Waals surface area contributed by atoms with Gasteiger partial charge < -0.3 is 10.0 Å². The van der Waals surface area contributed by atoms with Crippen LogP contribution in [0.5, 0.6) is 0 Å². The van der Waals surface area contributed by atoms with E-state index in [0.29, 0.717) is 0 Å². The molecule has 0 aromatic heterocycles. The number of sulfonamides is 1. The standard InChI is InChI=1S/C18H21FN2O4S/c1-20(26(24,25)17-9-7-16(19)8-10-17)14-18(23)21(11-12-22)13-15-5-3-2-4-6-15/h2-10,22H,11-14H2,1H3. The number of hydrogen-bond acceptors (Lipinski definition) is 4. The Labute approximate surface area is 152 Å². The van der Waals surface area contributed by atoms with Gasteiger partial charge in [0, 0.05) is 20.1 Å². The average Bonchev–Trinajstić information content (AvgIpc) is 2.62. The van der Waals surface area contributed by atoms with E-state index in [1.807, 2.05) is 30.3 Å². The Morgan fingerprint density at radius 1 is 1.08 bits per heavy atom. The van der Waals surface area contributed by atoms with E-state index in [2.05, 4.69) is 0 Å². The number of carbonyl (C=O) groups excluding carboxylic acids is 1. The highest BCUT2D eigenvalue weighted by atomic mass is 32.2. The Morgan fingerprint density at radius 2 is 1.69 bits per heavy atom. The molecule has 2 rings (SSSR count). The minimum atomic E-state index is -3.92. The third-order valence-electron chi connectivity index (χ3n) is 3.82. The Hall–Kier alpha value is -2.29. The molecule has 0 heterocycles. The fourth-order valence-corrected chi connectivity index (χ4v) is 3.50. The van der Waals surface area contributed by atoms with Gasteiger partial charge in [-0.25, -0.2) is 12.8 Å². The van der Waals surface area contributed by atoms with Crippen molar-refractivity contribution in [2.45, 2.75) is 11.4 Å². The van der Waals surface area contributed by atoms with Crippen LogP contribution in [0.1, 0.15) is 5.56 Å². The highest BCUT2D eigenvalue weighted by Gasteiger charge is 2.25. The van der Waals surface area contributed by atoms with Crippen molar-refractivity contribution in [1.29, 1.82) is 0 Å². The van der Waals surface area contributed by atoms with Crippen molar-refractivity contribution in [2.24, 2.45) is 0 Å². The van der Waals surface area contributed by atoms with Gasteiger partial charge in [0.05, 0.1) is 18.0 Å². The molecule has 2 aromatic rings. The van der Waals surface area contributed by atoms with Gasteiger partial charge in [-0.3, -0.25) is 4.79 Å². The molecule has 0 saturated heterocycles. The van der Waals surface area contributed by atoms with Crippen LogP contribution < -0.4 is 0 Å². The van der Waals surface area contributed by atoms with E-state index in [0.717, 1.165) is 34.1 Å². The molecule has 2 aromatic carbocycles. The van der Waals surface area contributed by atoms with E-state index in [-0.39, 0.29) is 31.1 Å². The maximum Gasteiger partial charge on any atom is 0.243 e. The molecule has 0 aliphatic carbocycles. The molecule has 0 saturated carbocycles. The fraction of sp³-hybridized carbons (Fsp3) is 0.278. The number of benzene rings is 2. The number of amides is 1. The Bertz CT molecular complexity index is 826. The molecule has 0 atom stereocenters. The Kier molecular flexibility index (Phi) is 6.84. The first kappa shape index (κ1) is 20.0. The van der Waals surface area contributed by atoms with Crippen molar-refractivity contribution in [3.05, 3.63) is 66.0 Å². The molecule has 0 radical (unpaired) electrons. The zero-order valence-electron chi connectivity index (χ0n) is 14.4. The van der Waals surface area contributed by atoms with Crippen molar-refractivity contribution in [3.8, 4) is 0 Å². The minimum Gasteiger partial charge on any atom is -0.395 e. The molecule has 26 heavy (non-hydrogen) atoms. The van der Waals surface area contributed by atoms with Crippen molar-refractivity contribution in [3.63, 3.8) is 0 Å². The number of aliphatic hydroxyl groups excluding tert-OH is 1. The zero-order valence-corrected chi connectivity index (χ0v) is 15.2. The number of aliphatic hydroxyl groups is 1. The lowest BCUT2D eigenvalue weighted by Crippen LogP contribution is -2.42. The number of hydrogen-bond donors (Lipinski definition) is 1. The smallest absolute Gasteiger partial charge is 0.243 e. The summed E-state index contributed by atoms with van der Waals surface area (Å²) < 4.78 is 38.9. The quantitative estimate of drug-likeness (QED) is 0.752. The van der Waals surface area contributed by atoms with Gasteiger partial charge in [0.15, 0.2) is 0 Å². The second-order valence-corrected chi connectivity index (χ2v) is 7.78. The molecule has 0 aliphatic heterocycles. The maximum atomic E-state index is 13.0. The summed E-state index contributed by atoms with van der Waals surface area (Å²) in [4.78, 5) is 13.8. The predicted octanol–water partition coefficient (Wildman–Crippen LogP) is 1.47. The molecule has 0 spiro atoms. The normalized spacial score (nSPS) is 11.5. The van der Waals surface area contributed by atoms with E-state index >= 15 is 0 Å². The molecule has 1 N–H and O–H groups in total. The van der Waals surface area contributed by atoms with Gasteiger partial charge >= 0.3 is 0 Å². The first-order valence-electron chi connectivity index (χ1n) is 7.99. The topological polar surface area (TPSA) is 77.9 Å². The second-order valence-electron chi connectivity index (χ2n) is 5.74. The van der Waals surface area contributed by atoms with Crippen LogP contribution in [0.2, 0.25) is 0 Å². The van der Waals surface area contributed by atoms with Gasteiger partial charge in [0.1, 0.15) is 5.82 Å². The Balaban J connectivity index is 2.10. The third-order valence-corrected chi connectivity index (χ3v) is 5.64. The molecule has 8 heteroatoms. The first-order valence-corrected chi connectivity index (χ1v) is 9.43. The van der Waals surface area contributed by atoms with Crippen LogP contribution in [0, 0.1) is 5.82 Å². The third kappa shape index (κ3) is 5.10. The lowest BCUT2D eigenvalue weighted by atomic mass is 10.2. The largest absolute Gasteiger partial charge is 0.395 e. The lowest BCUT2D eigenvalue weighted by Gasteiger charge is -2.25. The van der Waals surface area contributed by atoms with Crippen molar-refractivity contribution in [1.82, 2.24) is 9.21 Å². The highest BCUT2D eigenvalue weighted by molar-refractivity contribution is 7.89. The van der Waals surface area contributed by atoms with Gasteiger partial charge in [-0.05, 0) is 29.8 Å². The van der Waals surface area contributed by atoms with Crippen LogP contribution in [0.3, 0.4) is 0 Å². The van der Waals surface area contributed by atoms with Crippen molar-refractivity contribution >= 4 is 15.9 Å². The molecular weight excluding hydrogens is 359 g/mol. The predicted molar refractivity (Wildman–Crippen MR) is 95.2 cm³/mol. The SMILES string of the molecule is CN(CC(=O)N(CCO)Cc1ccccc1)S(=O)(=O)c1ccc(F)cc1. The van der Waals surface area contributed by atoms with E-state index in [9.17, 15) is 22.7 Å². The number of carbonyl (C=O) groups is 1. The van der Waals surface area contributed by atoms with Gasteiger partial charge in [-0.15, -0.1) is 0 Å². The number of rotatable bonds is 8. The molecule has 6 nitrogen and oxygen atoms in total. The van der Waals surface area contributed by atoms with E-state index in [4.69, 9.17) is 0 Å². The van der Waals surface area contributed by atoms with Gasteiger partial charge in [-0.1, -0.05) is 30.3 Å². The number of likely N-dealkylation sites (N-methyl/N-ethyl adjacent to an activating group) is 1. The summed E-state index contributed by atoms with van der Waals surface area (Å²) in [5.74, 6) is -0.976. The first-order chi connectivity index (χ1) is 12.3. The van der Waals surface area contributed by atoms with Gasteiger partial charge in [0.25, 0.3) is 0 Å². The average molecular weight is 380 g/mol.